The number of sulfonamides is 1. The number of ether oxygens (including phenoxy) is 1. The van der Waals surface area contributed by atoms with E-state index in [1.807, 2.05) is 107 Å². The SMILES string of the molecule is COc1ccc(S(=O)(=O)N(CC(C)C)C[C@H](O)[C@H](Cc2ccccc2)NC(=O)[C@H](C(C)C)N2CCN(Cc3c(C)nn(-c4ccccc4)c3C)C2=O)cc1. The number of hydrogen-bond acceptors (Lipinski definition) is 7. The van der Waals surface area contributed by atoms with Gasteiger partial charge in [0.25, 0.3) is 0 Å². The molecular formula is C41H54N6O6S. The highest BCUT2D eigenvalue weighted by atomic mass is 32.2. The summed E-state index contributed by atoms with van der Waals surface area (Å²) in [5, 5.41) is 19.6. The second-order valence-corrected chi connectivity index (χ2v) is 16.7. The fourth-order valence-corrected chi connectivity index (χ4v) is 8.68. The van der Waals surface area contributed by atoms with Crippen molar-refractivity contribution in [2.75, 3.05) is 33.3 Å². The third kappa shape index (κ3) is 9.31. The summed E-state index contributed by atoms with van der Waals surface area (Å²) in [6.07, 6.45) is -1.02. The molecule has 5 rings (SSSR count). The van der Waals surface area contributed by atoms with Gasteiger partial charge in [-0.05, 0) is 74.1 Å². The van der Waals surface area contributed by atoms with E-state index in [9.17, 15) is 23.1 Å². The number of benzene rings is 3. The molecule has 0 radical (unpaired) electrons. The summed E-state index contributed by atoms with van der Waals surface area (Å²) < 4.78 is 36.2. The highest BCUT2D eigenvalue weighted by molar-refractivity contribution is 7.89. The Kier molecular flexibility index (Phi) is 13.2. The maximum atomic E-state index is 14.3. The van der Waals surface area contributed by atoms with E-state index < -0.39 is 34.1 Å². The molecule has 0 spiro atoms. The minimum absolute atomic E-state index is 0.0397. The molecule has 1 aromatic heterocycles. The van der Waals surface area contributed by atoms with Crippen LogP contribution in [0.5, 0.6) is 5.75 Å². The van der Waals surface area contributed by atoms with Gasteiger partial charge in [-0.2, -0.15) is 9.40 Å². The number of urea groups is 1. The van der Waals surface area contributed by atoms with Gasteiger partial charge in [0, 0.05) is 37.4 Å². The van der Waals surface area contributed by atoms with Gasteiger partial charge < -0.3 is 25.0 Å². The Morgan fingerprint density at radius 1 is 0.926 bits per heavy atom. The van der Waals surface area contributed by atoms with E-state index in [0.29, 0.717) is 25.4 Å². The lowest BCUT2D eigenvalue weighted by molar-refractivity contribution is -0.128. The molecule has 0 aliphatic carbocycles. The summed E-state index contributed by atoms with van der Waals surface area (Å²) in [7, 11) is -2.50. The molecule has 4 aromatic rings. The van der Waals surface area contributed by atoms with Crippen molar-refractivity contribution in [1.82, 2.24) is 29.2 Å². The summed E-state index contributed by atoms with van der Waals surface area (Å²) >= 11 is 0. The number of hydrogen-bond donors (Lipinski definition) is 2. The molecule has 0 unspecified atom stereocenters. The lowest BCUT2D eigenvalue weighted by atomic mass is 9.97. The number of carbonyl (C=O) groups excluding carboxylic acids is 2. The molecule has 3 atom stereocenters. The van der Waals surface area contributed by atoms with Crippen LogP contribution < -0.4 is 10.1 Å². The Hall–Kier alpha value is -4.72. The van der Waals surface area contributed by atoms with E-state index in [0.717, 1.165) is 28.2 Å². The van der Waals surface area contributed by atoms with Crippen LogP contribution in [0.25, 0.3) is 5.69 Å². The zero-order chi connectivity index (χ0) is 39.2. The Bertz CT molecular complexity index is 1970. The van der Waals surface area contributed by atoms with E-state index in [1.165, 1.54) is 23.5 Å². The number of carbonyl (C=O) groups is 2. The Morgan fingerprint density at radius 3 is 2.15 bits per heavy atom. The molecule has 1 fully saturated rings. The standard InChI is InChI=1S/C41H54N6O6S/c1-28(2)25-45(54(51,52)35-20-18-34(53-7)19-21-35)27-38(48)37(24-32-14-10-8-11-15-32)42-40(49)39(29(3)4)46-23-22-44(41(46)50)26-36-30(5)43-47(31(36)6)33-16-12-9-13-17-33/h8-21,28-29,37-39,48H,22-27H2,1-7H3,(H,42,49)/t37-,38-,39-/m0/s1. The highest BCUT2D eigenvalue weighted by Crippen LogP contribution is 2.26. The van der Waals surface area contributed by atoms with E-state index >= 15 is 0 Å². The van der Waals surface area contributed by atoms with Crippen molar-refractivity contribution in [3.05, 3.63) is 107 Å². The second kappa shape index (κ2) is 17.6. The number of para-hydroxylation sites is 1. The quantitative estimate of drug-likeness (QED) is 0.151. The van der Waals surface area contributed by atoms with E-state index in [1.54, 1.807) is 21.9 Å². The molecule has 1 saturated heterocycles. The first-order valence-electron chi connectivity index (χ1n) is 18.5. The Balaban J connectivity index is 1.36. The van der Waals surface area contributed by atoms with Crippen LogP contribution in [0, 0.1) is 25.7 Å². The number of nitrogens with zero attached hydrogens (tertiary/aromatic N) is 5. The molecule has 54 heavy (non-hydrogen) atoms. The second-order valence-electron chi connectivity index (χ2n) is 14.7. The number of aliphatic hydroxyl groups excluding tert-OH is 1. The van der Waals surface area contributed by atoms with Crippen LogP contribution in [0.1, 0.15) is 50.2 Å². The number of aromatic nitrogens is 2. The van der Waals surface area contributed by atoms with Gasteiger partial charge in [-0.1, -0.05) is 76.2 Å². The van der Waals surface area contributed by atoms with Crippen molar-refractivity contribution in [2.45, 2.75) is 77.6 Å². The lowest BCUT2D eigenvalue weighted by Crippen LogP contribution is -2.57. The number of nitrogens with one attached hydrogen (secondary N) is 1. The number of amides is 3. The average Bonchev–Trinajstić information content (AvgIpc) is 3.64. The van der Waals surface area contributed by atoms with Gasteiger partial charge >= 0.3 is 6.03 Å². The summed E-state index contributed by atoms with van der Waals surface area (Å²) in [5.41, 5.74) is 4.54. The molecule has 1 aliphatic heterocycles. The van der Waals surface area contributed by atoms with Crippen LogP contribution in [0.3, 0.4) is 0 Å². The van der Waals surface area contributed by atoms with E-state index in [2.05, 4.69) is 5.32 Å². The Labute approximate surface area is 319 Å². The van der Waals surface area contributed by atoms with Gasteiger partial charge in [0.05, 0.1) is 42.1 Å². The topological polar surface area (TPSA) is 137 Å². The van der Waals surface area contributed by atoms with Crippen LogP contribution in [-0.2, 0) is 27.8 Å². The highest BCUT2D eigenvalue weighted by Gasteiger charge is 2.41. The predicted molar refractivity (Wildman–Crippen MR) is 209 cm³/mol. The molecule has 1 aliphatic rings. The molecule has 2 N–H and O–H groups in total. The predicted octanol–water partition coefficient (Wildman–Crippen LogP) is 5.20. The summed E-state index contributed by atoms with van der Waals surface area (Å²) in [5.74, 6) is -0.167. The van der Waals surface area contributed by atoms with Crippen molar-refractivity contribution >= 4 is 22.0 Å². The van der Waals surface area contributed by atoms with Crippen LogP contribution in [0.4, 0.5) is 4.79 Å². The zero-order valence-corrected chi connectivity index (χ0v) is 33.2. The van der Waals surface area contributed by atoms with Crippen molar-refractivity contribution in [3.8, 4) is 11.4 Å². The fourth-order valence-electron chi connectivity index (χ4n) is 7.06. The van der Waals surface area contributed by atoms with Crippen LogP contribution in [0.2, 0.25) is 0 Å². The van der Waals surface area contributed by atoms with Crippen molar-refractivity contribution in [3.63, 3.8) is 0 Å². The van der Waals surface area contributed by atoms with Crippen molar-refractivity contribution in [1.29, 1.82) is 0 Å². The molecule has 290 valence electrons. The molecule has 0 bridgehead atoms. The molecule has 2 heterocycles. The van der Waals surface area contributed by atoms with Crippen LogP contribution >= 0.6 is 0 Å². The maximum Gasteiger partial charge on any atom is 0.321 e. The van der Waals surface area contributed by atoms with Gasteiger partial charge in [-0.3, -0.25) is 4.79 Å². The fraction of sp³-hybridized carbons (Fsp3) is 0.439. The summed E-state index contributed by atoms with van der Waals surface area (Å²) in [6.45, 7) is 12.6. The average molecular weight is 759 g/mol. The summed E-state index contributed by atoms with van der Waals surface area (Å²) in [6, 6.07) is 23.5. The zero-order valence-electron chi connectivity index (χ0n) is 32.3. The number of methoxy groups -OCH3 is 1. The minimum Gasteiger partial charge on any atom is -0.497 e. The largest absolute Gasteiger partial charge is 0.497 e. The normalized spacial score (nSPS) is 15.3. The van der Waals surface area contributed by atoms with Crippen LogP contribution in [0.15, 0.2) is 89.8 Å². The third-order valence-electron chi connectivity index (χ3n) is 9.90. The molecular weight excluding hydrogens is 705 g/mol. The lowest BCUT2D eigenvalue weighted by Gasteiger charge is -2.34. The van der Waals surface area contributed by atoms with Gasteiger partial charge in [-0.15, -0.1) is 0 Å². The van der Waals surface area contributed by atoms with Gasteiger partial charge in [0.2, 0.25) is 15.9 Å². The first-order valence-corrected chi connectivity index (χ1v) is 20.0. The molecule has 12 nitrogen and oxygen atoms in total. The first-order chi connectivity index (χ1) is 25.7. The van der Waals surface area contributed by atoms with Gasteiger partial charge in [0.1, 0.15) is 11.8 Å². The van der Waals surface area contributed by atoms with Crippen molar-refractivity contribution in [2.24, 2.45) is 11.8 Å². The van der Waals surface area contributed by atoms with E-state index in [-0.39, 0.29) is 42.3 Å². The number of aliphatic hydroxyl groups is 1. The van der Waals surface area contributed by atoms with Crippen molar-refractivity contribution < 1.29 is 27.9 Å². The summed E-state index contributed by atoms with van der Waals surface area (Å²) in [4.78, 5) is 31.8. The smallest absolute Gasteiger partial charge is 0.321 e. The van der Waals surface area contributed by atoms with Crippen LogP contribution in [-0.4, -0.2) is 101 Å². The third-order valence-corrected chi connectivity index (χ3v) is 11.7. The monoisotopic (exact) mass is 758 g/mol. The molecule has 13 heteroatoms. The molecule has 3 aromatic carbocycles. The molecule has 0 saturated carbocycles. The number of aryl methyl sites for hydroxylation is 1. The molecule has 3 amide bonds. The van der Waals surface area contributed by atoms with Gasteiger partial charge in [-0.25, -0.2) is 17.9 Å². The van der Waals surface area contributed by atoms with E-state index in [4.69, 9.17) is 9.84 Å². The van der Waals surface area contributed by atoms with Gasteiger partial charge in [0.15, 0.2) is 0 Å². The Morgan fingerprint density at radius 2 is 1.56 bits per heavy atom. The number of rotatable bonds is 17. The maximum absolute atomic E-state index is 14.3. The first kappa shape index (κ1) is 40.5. The minimum atomic E-state index is -4.01.